The third kappa shape index (κ3) is 4.08. The molecule has 2 aromatic heterocycles. The molecule has 3 aromatic rings. The van der Waals surface area contributed by atoms with Gasteiger partial charge in [-0.25, -0.2) is 0 Å². The molecule has 0 aliphatic rings. The first kappa shape index (κ1) is 16.4. The van der Waals surface area contributed by atoms with E-state index in [1.807, 2.05) is 53.5 Å². The van der Waals surface area contributed by atoms with Crippen LogP contribution in [0, 0.1) is 0 Å². The van der Waals surface area contributed by atoms with Crippen LogP contribution < -0.4 is 5.32 Å². The monoisotopic (exact) mass is 325 g/mol. The first-order valence-electron chi connectivity index (χ1n) is 8.34. The van der Waals surface area contributed by atoms with E-state index in [9.17, 15) is 0 Å². The maximum atomic E-state index is 5.33. The number of nitrogens with one attached hydrogen (secondary N) is 1. The van der Waals surface area contributed by atoms with Gasteiger partial charge in [-0.2, -0.15) is 10.1 Å². The van der Waals surface area contributed by atoms with Gasteiger partial charge in [0.25, 0.3) is 0 Å². The van der Waals surface area contributed by atoms with E-state index < -0.39 is 0 Å². The van der Waals surface area contributed by atoms with Gasteiger partial charge in [-0.05, 0) is 32.9 Å². The smallest absolute Gasteiger partial charge is 0.227 e. The number of nitrogens with zero attached hydrogens (tertiary/aromatic N) is 4. The SMILES string of the molecule is CC(NCCCc1nc(-c2ccccc2)no1)C(C)n1cccn1. The van der Waals surface area contributed by atoms with Crippen molar-refractivity contribution in [1.82, 2.24) is 25.2 Å². The van der Waals surface area contributed by atoms with E-state index in [2.05, 4.69) is 34.4 Å². The minimum atomic E-state index is 0.313. The molecular formula is C18H23N5O. The Labute approximate surface area is 141 Å². The molecule has 0 radical (unpaired) electrons. The highest BCUT2D eigenvalue weighted by Gasteiger charge is 2.13. The zero-order valence-corrected chi connectivity index (χ0v) is 14.1. The molecular weight excluding hydrogens is 302 g/mol. The number of hydrogen-bond acceptors (Lipinski definition) is 5. The standard InChI is InChI=1S/C18H23N5O/c1-14(15(2)23-13-7-12-20-23)19-11-6-10-17-21-18(22-24-17)16-8-4-3-5-9-16/h3-5,7-9,12-15,19H,6,10-11H2,1-2H3. The summed E-state index contributed by atoms with van der Waals surface area (Å²) in [5.41, 5.74) is 0.979. The molecule has 2 unspecified atom stereocenters. The van der Waals surface area contributed by atoms with E-state index >= 15 is 0 Å². The van der Waals surface area contributed by atoms with Crippen LogP contribution in [0.15, 0.2) is 53.3 Å². The Morgan fingerprint density at radius 3 is 2.75 bits per heavy atom. The second-order valence-electron chi connectivity index (χ2n) is 5.95. The van der Waals surface area contributed by atoms with Gasteiger partial charge in [-0.3, -0.25) is 4.68 Å². The average molecular weight is 325 g/mol. The van der Waals surface area contributed by atoms with Gasteiger partial charge in [-0.1, -0.05) is 35.5 Å². The Kier molecular flexibility index (Phi) is 5.38. The molecule has 0 aliphatic carbocycles. The Bertz CT molecular complexity index is 723. The quantitative estimate of drug-likeness (QED) is 0.645. The van der Waals surface area contributed by atoms with E-state index in [1.54, 1.807) is 0 Å². The van der Waals surface area contributed by atoms with Crippen molar-refractivity contribution in [3.63, 3.8) is 0 Å². The molecule has 0 bridgehead atoms. The molecule has 6 nitrogen and oxygen atoms in total. The molecule has 24 heavy (non-hydrogen) atoms. The van der Waals surface area contributed by atoms with Gasteiger partial charge >= 0.3 is 0 Å². The number of aryl methyl sites for hydroxylation is 1. The topological polar surface area (TPSA) is 68.8 Å². The third-order valence-electron chi connectivity index (χ3n) is 4.20. The summed E-state index contributed by atoms with van der Waals surface area (Å²) in [7, 11) is 0. The fourth-order valence-electron chi connectivity index (χ4n) is 2.55. The van der Waals surface area contributed by atoms with Crippen molar-refractivity contribution >= 4 is 0 Å². The predicted octanol–water partition coefficient (Wildman–Crippen LogP) is 3.11. The van der Waals surface area contributed by atoms with E-state index in [1.165, 1.54) is 0 Å². The van der Waals surface area contributed by atoms with Crippen molar-refractivity contribution in [2.75, 3.05) is 6.54 Å². The lowest BCUT2D eigenvalue weighted by Gasteiger charge is -2.21. The van der Waals surface area contributed by atoms with Gasteiger partial charge in [0.15, 0.2) is 0 Å². The summed E-state index contributed by atoms with van der Waals surface area (Å²) in [6.45, 7) is 5.23. The molecule has 1 aromatic carbocycles. The van der Waals surface area contributed by atoms with Crippen molar-refractivity contribution in [2.45, 2.75) is 38.8 Å². The number of rotatable bonds is 8. The maximum Gasteiger partial charge on any atom is 0.227 e. The molecule has 0 spiro atoms. The number of aromatic nitrogens is 4. The summed E-state index contributed by atoms with van der Waals surface area (Å²) in [6.07, 6.45) is 5.53. The van der Waals surface area contributed by atoms with Gasteiger partial charge < -0.3 is 9.84 Å². The lowest BCUT2D eigenvalue weighted by molar-refractivity contribution is 0.353. The molecule has 1 N–H and O–H groups in total. The minimum absolute atomic E-state index is 0.313. The van der Waals surface area contributed by atoms with Crippen LogP contribution in [0.2, 0.25) is 0 Å². The normalized spacial score (nSPS) is 13.8. The third-order valence-corrected chi connectivity index (χ3v) is 4.20. The Morgan fingerprint density at radius 2 is 2.00 bits per heavy atom. The van der Waals surface area contributed by atoms with Crippen molar-refractivity contribution < 1.29 is 4.52 Å². The molecule has 0 saturated heterocycles. The zero-order chi connectivity index (χ0) is 16.8. The van der Waals surface area contributed by atoms with Crippen molar-refractivity contribution in [3.8, 4) is 11.4 Å². The molecule has 2 heterocycles. The molecule has 0 saturated carbocycles. The van der Waals surface area contributed by atoms with Crippen LogP contribution in [0.5, 0.6) is 0 Å². The Hall–Kier alpha value is -2.47. The zero-order valence-electron chi connectivity index (χ0n) is 14.1. The Morgan fingerprint density at radius 1 is 1.17 bits per heavy atom. The van der Waals surface area contributed by atoms with Gasteiger partial charge in [0.05, 0.1) is 6.04 Å². The fraction of sp³-hybridized carbons (Fsp3) is 0.389. The minimum Gasteiger partial charge on any atom is -0.339 e. The molecule has 3 rings (SSSR count). The van der Waals surface area contributed by atoms with Gasteiger partial charge in [0.1, 0.15) is 0 Å². The van der Waals surface area contributed by atoms with Crippen LogP contribution in [0.25, 0.3) is 11.4 Å². The predicted molar refractivity (Wildman–Crippen MR) is 92.5 cm³/mol. The highest BCUT2D eigenvalue weighted by molar-refractivity contribution is 5.53. The van der Waals surface area contributed by atoms with Crippen molar-refractivity contribution in [2.24, 2.45) is 0 Å². The fourth-order valence-corrected chi connectivity index (χ4v) is 2.55. The Balaban J connectivity index is 1.43. The van der Waals surface area contributed by atoms with Gasteiger partial charge in [0.2, 0.25) is 11.7 Å². The molecule has 0 fully saturated rings. The van der Waals surface area contributed by atoms with Crippen LogP contribution in [0.3, 0.4) is 0 Å². The summed E-state index contributed by atoms with van der Waals surface area (Å²) < 4.78 is 7.30. The lowest BCUT2D eigenvalue weighted by atomic mass is 10.1. The van der Waals surface area contributed by atoms with Crippen LogP contribution in [0.1, 0.15) is 32.2 Å². The van der Waals surface area contributed by atoms with E-state index in [4.69, 9.17) is 4.52 Å². The molecule has 0 aliphatic heterocycles. The highest BCUT2D eigenvalue weighted by atomic mass is 16.5. The lowest BCUT2D eigenvalue weighted by Crippen LogP contribution is -2.34. The summed E-state index contributed by atoms with van der Waals surface area (Å²) in [5.74, 6) is 1.34. The van der Waals surface area contributed by atoms with Gasteiger partial charge in [0, 0.05) is 30.4 Å². The largest absolute Gasteiger partial charge is 0.339 e. The first-order valence-corrected chi connectivity index (χ1v) is 8.34. The summed E-state index contributed by atoms with van der Waals surface area (Å²) >= 11 is 0. The van der Waals surface area contributed by atoms with Crippen molar-refractivity contribution in [1.29, 1.82) is 0 Å². The second kappa shape index (κ2) is 7.88. The van der Waals surface area contributed by atoms with E-state index in [-0.39, 0.29) is 0 Å². The first-order chi connectivity index (χ1) is 11.7. The molecule has 2 atom stereocenters. The number of benzene rings is 1. The molecule has 126 valence electrons. The summed E-state index contributed by atoms with van der Waals surface area (Å²) in [6, 6.07) is 12.5. The van der Waals surface area contributed by atoms with Crippen LogP contribution in [-0.2, 0) is 6.42 Å². The van der Waals surface area contributed by atoms with E-state index in [0.29, 0.717) is 23.8 Å². The summed E-state index contributed by atoms with van der Waals surface area (Å²) in [5, 5.41) is 11.9. The maximum absolute atomic E-state index is 5.33. The average Bonchev–Trinajstić information content (AvgIpc) is 3.30. The molecule has 0 amide bonds. The van der Waals surface area contributed by atoms with E-state index in [0.717, 1.165) is 24.9 Å². The van der Waals surface area contributed by atoms with Gasteiger partial charge in [-0.15, -0.1) is 0 Å². The van der Waals surface area contributed by atoms with Crippen LogP contribution in [0.4, 0.5) is 0 Å². The second-order valence-corrected chi connectivity index (χ2v) is 5.95. The highest BCUT2D eigenvalue weighted by Crippen LogP contribution is 2.15. The number of hydrogen-bond donors (Lipinski definition) is 1. The van der Waals surface area contributed by atoms with Crippen LogP contribution >= 0.6 is 0 Å². The summed E-state index contributed by atoms with van der Waals surface area (Å²) in [4.78, 5) is 4.45. The molecule has 6 heteroatoms. The van der Waals surface area contributed by atoms with Crippen molar-refractivity contribution in [3.05, 3.63) is 54.7 Å². The van der Waals surface area contributed by atoms with Crippen LogP contribution in [-0.4, -0.2) is 32.5 Å².